The van der Waals surface area contributed by atoms with E-state index in [1.165, 1.54) is 0 Å². The molecular weight excluding hydrogens is 432 g/mol. The molecule has 3 N–H and O–H groups in total. The second kappa shape index (κ2) is 10.0. The molecule has 0 radical (unpaired) electrons. The van der Waals surface area contributed by atoms with Gasteiger partial charge in [0.05, 0.1) is 6.04 Å². The van der Waals surface area contributed by atoms with Gasteiger partial charge in [0.15, 0.2) is 0 Å². The lowest BCUT2D eigenvalue weighted by Crippen LogP contribution is -2.44. The monoisotopic (exact) mass is 456 g/mol. The van der Waals surface area contributed by atoms with E-state index in [1.54, 1.807) is 4.90 Å². The van der Waals surface area contributed by atoms with Crippen molar-refractivity contribution >= 4 is 17.8 Å². The molecule has 4 rings (SSSR count). The Hall–Kier alpha value is -4.39. The summed E-state index contributed by atoms with van der Waals surface area (Å²) < 4.78 is 0. The average Bonchev–Trinajstić information content (AvgIpc) is 2.86. The molecule has 0 fully saturated rings. The topological polar surface area (TPSA) is 107 Å². The largest absolute Gasteiger partial charge is 0.511 e. The van der Waals surface area contributed by atoms with Crippen LogP contribution in [0.5, 0.6) is 0 Å². The number of carbonyl (C=O) groups is 3. The van der Waals surface area contributed by atoms with E-state index >= 15 is 0 Å². The highest BCUT2D eigenvalue weighted by molar-refractivity contribution is 6.19. The van der Waals surface area contributed by atoms with Crippen LogP contribution >= 0.6 is 0 Å². The Morgan fingerprint density at radius 2 is 1.47 bits per heavy atom. The van der Waals surface area contributed by atoms with Gasteiger partial charge in [-0.05, 0) is 22.3 Å². The Labute approximate surface area is 197 Å². The normalized spacial score (nSPS) is 15.8. The molecule has 3 aromatic rings. The van der Waals surface area contributed by atoms with E-state index in [0.717, 1.165) is 22.3 Å². The standard InChI is InChI=1S/C27H24N2O5/c30-23-15-22(21-9-5-2-6-10-21)29(27(34)25(23)26(33)28-16-24(31)32)17-18-11-13-20(14-12-18)19-7-3-1-4-8-19/h1-14,22,30H,15-17H2,(H,28,33)(H,31,32). The van der Waals surface area contributed by atoms with Gasteiger partial charge in [0.1, 0.15) is 17.9 Å². The number of hydrogen-bond donors (Lipinski definition) is 3. The number of amides is 2. The Balaban J connectivity index is 1.63. The van der Waals surface area contributed by atoms with Crippen LogP contribution in [0, 0.1) is 0 Å². The van der Waals surface area contributed by atoms with Crippen LogP contribution in [-0.4, -0.2) is 39.4 Å². The number of rotatable bonds is 7. The number of aliphatic hydroxyl groups is 1. The van der Waals surface area contributed by atoms with Gasteiger partial charge in [-0.15, -0.1) is 0 Å². The molecule has 0 spiro atoms. The van der Waals surface area contributed by atoms with Gasteiger partial charge in [0.2, 0.25) is 0 Å². The Morgan fingerprint density at radius 1 is 0.882 bits per heavy atom. The molecule has 0 saturated heterocycles. The molecule has 1 aliphatic heterocycles. The minimum absolute atomic E-state index is 0.0493. The third-order valence-electron chi connectivity index (χ3n) is 5.75. The van der Waals surface area contributed by atoms with Crippen molar-refractivity contribution in [1.82, 2.24) is 10.2 Å². The summed E-state index contributed by atoms with van der Waals surface area (Å²) in [5, 5.41) is 21.6. The molecule has 7 heteroatoms. The van der Waals surface area contributed by atoms with Crippen LogP contribution < -0.4 is 5.32 Å². The van der Waals surface area contributed by atoms with Crippen molar-refractivity contribution in [2.75, 3.05) is 6.54 Å². The van der Waals surface area contributed by atoms with Crippen LogP contribution in [0.3, 0.4) is 0 Å². The summed E-state index contributed by atoms with van der Waals surface area (Å²) in [6, 6.07) is 26.6. The van der Waals surface area contributed by atoms with Crippen molar-refractivity contribution in [3.8, 4) is 11.1 Å². The highest BCUT2D eigenvalue weighted by Crippen LogP contribution is 2.35. The van der Waals surface area contributed by atoms with Gasteiger partial charge in [-0.1, -0.05) is 84.9 Å². The summed E-state index contributed by atoms with van der Waals surface area (Å²) >= 11 is 0. The minimum atomic E-state index is -1.24. The summed E-state index contributed by atoms with van der Waals surface area (Å²) in [4.78, 5) is 38.3. The molecule has 1 atom stereocenters. The molecule has 1 heterocycles. The lowest BCUT2D eigenvalue weighted by molar-refractivity contribution is -0.139. The van der Waals surface area contributed by atoms with Crippen molar-refractivity contribution in [2.45, 2.75) is 19.0 Å². The number of aliphatic carboxylic acids is 1. The maximum Gasteiger partial charge on any atom is 0.322 e. The quantitative estimate of drug-likeness (QED) is 0.469. The summed E-state index contributed by atoms with van der Waals surface area (Å²) in [6.45, 7) is -0.428. The van der Waals surface area contributed by atoms with E-state index < -0.39 is 35.9 Å². The van der Waals surface area contributed by atoms with E-state index in [0.29, 0.717) is 0 Å². The zero-order chi connectivity index (χ0) is 24.1. The van der Waals surface area contributed by atoms with Crippen molar-refractivity contribution in [1.29, 1.82) is 0 Å². The summed E-state index contributed by atoms with van der Waals surface area (Å²) in [7, 11) is 0. The second-order valence-electron chi connectivity index (χ2n) is 8.02. The maximum absolute atomic E-state index is 13.4. The van der Waals surface area contributed by atoms with Gasteiger partial charge in [-0.25, -0.2) is 0 Å². The molecule has 1 unspecified atom stereocenters. The Morgan fingerprint density at radius 3 is 2.09 bits per heavy atom. The molecule has 2 amide bonds. The third kappa shape index (κ3) is 4.99. The van der Waals surface area contributed by atoms with Crippen LogP contribution in [-0.2, 0) is 20.9 Å². The first kappa shape index (κ1) is 22.8. The second-order valence-corrected chi connectivity index (χ2v) is 8.02. The number of carboxylic acid groups (broad SMARTS) is 1. The van der Waals surface area contributed by atoms with Crippen LogP contribution in [0.2, 0.25) is 0 Å². The van der Waals surface area contributed by atoms with Crippen LogP contribution in [0.15, 0.2) is 96.3 Å². The van der Waals surface area contributed by atoms with Crippen LogP contribution in [0.4, 0.5) is 0 Å². The minimum Gasteiger partial charge on any atom is -0.511 e. The van der Waals surface area contributed by atoms with E-state index in [1.807, 2.05) is 84.9 Å². The Bertz CT molecular complexity index is 1220. The number of carbonyl (C=O) groups excluding carboxylic acids is 2. The number of nitrogens with zero attached hydrogens (tertiary/aromatic N) is 1. The molecule has 1 aliphatic rings. The number of nitrogens with one attached hydrogen (secondary N) is 1. The number of hydrogen-bond acceptors (Lipinski definition) is 4. The number of aliphatic hydroxyl groups excluding tert-OH is 1. The predicted octanol–water partition coefficient (Wildman–Crippen LogP) is 3.84. The zero-order valence-electron chi connectivity index (χ0n) is 18.3. The Kier molecular flexibility index (Phi) is 6.73. The third-order valence-corrected chi connectivity index (χ3v) is 5.75. The fourth-order valence-corrected chi connectivity index (χ4v) is 4.06. The summed E-state index contributed by atoms with van der Waals surface area (Å²) in [5.41, 5.74) is 3.39. The predicted molar refractivity (Wildman–Crippen MR) is 127 cm³/mol. The zero-order valence-corrected chi connectivity index (χ0v) is 18.3. The molecule has 0 aromatic heterocycles. The fourth-order valence-electron chi connectivity index (χ4n) is 4.06. The average molecular weight is 456 g/mol. The first-order chi connectivity index (χ1) is 16.4. The lowest BCUT2D eigenvalue weighted by atomic mass is 9.92. The van der Waals surface area contributed by atoms with Gasteiger partial charge >= 0.3 is 5.97 Å². The van der Waals surface area contributed by atoms with Gasteiger partial charge in [-0.3, -0.25) is 14.4 Å². The molecule has 172 valence electrons. The van der Waals surface area contributed by atoms with Crippen molar-refractivity contribution in [3.63, 3.8) is 0 Å². The first-order valence-electron chi connectivity index (χ1n) is 10.9. The fraction of sp³-hybridized carbons (Fsp3) is 0.148. The van der Waals surface area contributed by atoms with E-state index in [2.05, 4.69) is 5.32 Å². The molecule has 0 aliphatic carbocycles. The summed E-state index contributed by atoms with van der Waals surface area (Å²) in [6.07, 6.45) is 0.0493. The van der Waals surface area contributed by atoms with E-state index in [4.69, 9.17) is 5.11 Å². The van der Waals surface area contributed by atoms with Crippen molar-refractivity contribution in [2.24, 2.45) is 0 Å². The molecular formula is C27H24N2O5. The smallest absolute Gasteiger partial charge is 0.322 e. The van der Waals surface area contributed by atoms with E-state index in [-0.39, 0.29) is 18.7 Å². The molecule has 0 saturated carbocycles. The maximum atomic E-state index is 13.4. The highest BCUT2D eigenvalue weighted by Gasteiger charge is 2.38. The SMILES string of the molecule is O=C(O)CNC(=O)C1=C(O)CC(c2ccccc2)N(Cc2ccc(-c3ccccc3)cc2)C1=O. The van der Waals surface area contributed by atoms with Gasteiger partial charge in [0, 0.05) is 13.0 Å². The lowest BCUT2D eigenvalue weighted by Gasteiger charge is -2.36. The molecule has 0 bridgehead atoms. The number of carboxylic acids is 1. The molecule has 34 heavy (non-hydrogen) atoms. The van der Waals surface area contributed by atoms with Crippen molar-refractivity contribution in [3.05, 3.63) is 107 Å². The van der Waals surface area contributed by atoms with Gasteiger partial charge in [-0.2, -0.15) is 0 Å². The van der Waals surface area contributed by atoms with E-state index in [9.17, 15) is 19.5 Å². The molecule has 3 aromatic carbocycles. The van der Waals surface area contributed by atoms with Crippen LogP contribution in [0.1, 0.15) is 23.6 Å². The molecule has 7 nitrogen and oxygen atoms in total. The first-order valence-corrected chi connectivity index (χ1v) is 10.9. The number of benzene rings is 3. The summed E-state index contributed by atoms with van der Waals surface area (Å²) in [5.74, 6) is -3.14. The van der Waals surface area contributed by atoms with Crippen molar-refractivity contribution < 1.29 is 24.6 Å². The highest BCUT2D eigenvalue weighted by atomic mass is 16.4. The van der Waals surface area contributed by atoms with Gasteiger partial charge < -0.3 is 20.4 Å². The van der Waals surface area contributed by atoms with Gasteiger partial charge in [0.25, 0.3) is 11.8 Å². The van der Waals surface area contributed by atoms with Crippen LogP contribution in [0.25, 0.3) is 11.1 Å².